The number of carbonyl (C=O) groups excluding carboxylic acids is 2. The molecule has 0 aliphatic rings. The van der Waals surface area contributed by atoms with Crippen LogP contribution in [0.5, 0.6) is 0 Å². The summed E-state index contributed by atoms with van der Waals surface area (Å²) in [7, 11) is -3.71. The molecule has 9 heteroatoms. The maximum Gasteiger partial charge on any atom is 0.272 e. The molecule has 8 nitrogen and oxygen atoms in total. The summed E-state index contributed by atoms with van der Waals surface area (Å²) in [5.41, 5.74) is 1.06. The number of hydrogen-bond donors (Lipinski definition) is 3. The van der Waals surface area contributed by atoms with Crippen molar-refractivity contribution in [3.8, 4) is 0 Å². The van der Waals surface area contributed by atoms with Gasteiger partial charge in [-0.05, 0) is 49.4 Å². The lowest BCUT2D eigenvalue weighted by Gasteiger charge is -2.07. The van der Waals surface area contributed by atoms with Crippen molar-refractivity contribution in [2.75, 3.05) is 5.32 Å². The Balaban J connectivity index is 1.65. The van der Waals surface area contributed by atoms with E-state index in [0.29, 0.717) is 17.0 Å². The molecule has 0 aliphatic heterocycles. The summed E-state index contributed by atoms with van der Waals surface area (Å²) >= 11 is 0. The molecule has 3 aromatic rings. The Hall–Kier alpha value is -3.17. The standard InChI is InChI=1S/C18H17N3O5S/c1-12(22)13-9-17(19-10-13)18(23)21-14-4-6-16(7-5-14)27(24,25)20-11-15-3-2-8-26-15/h2-10,19-20H,11H2,1H3,(H,21,23). The average molecular weight is 387 g/mol. The third-order valence-corrected chi connectivity index (χ3v) is 5.19. The molecule has 3 N–H and O–H groups in total. The molecule has 3 rings (SSSR count). The normalized spacial score (nSPS) is 11.3. The van der Waals surface area contributed by atoms with E-state index in [-0.39, 0.29) is 22.9 Å². The fourth-order valence-corrected chi connectivity index (χ4v) is 3.30. The number of ketones is 1. The Kier molecular flexibility index (Phi) is 5.24. The van der Waals surface area contributed by atoms with Crippen LogP contribution in [0.3, 0.4) is 0 Å². The van der Waals surface area contributed by atoms with Gasteiger partial charge in [-0.25, -0.2) is 13.1 Å². The number of amides is 1. The van der Waals surface area contributed by atoms with Crippen LogP contribution < -0.4 is 10.0 Å². The molecule has 2 aromatic heterocycles. The van der Waals surface area contributed by atoms with Crippen LogP contribution in [-0.2, 0) is 16.6 Å². The maximum atomic E-state index is 12.3. The first-order valence-corrected chi connectivity index (χ1v) is 9.46. The highest BCUT2D eigenvalue weighted by atomic mass is 32.2. The van der Waals surface area contributed by atoms with Crippen LogP contribution in [0.4, 0.5) is 5.69 Å². The van der Waals surface area contributed by atoms with E-state index in [2.05, 4.69) is 15.0 Å². The summed E-state index contributed by atoms with van der Waals surface area (Å²) in [4.78, 5) is 26.2. The molecule has 140 valence electrons. The first-order valence-electron chi connectivity index (χ1n) is 7.98. The van der Waals surface area contributed by atoms with Gasteiger partial charge in [-0.1, -0.05) is 0 Å². The van der Waals surface area contributed by atoms with E-state index in [1.807, 2.05) is 0 Å². The van der Waals surface area contributed by atoms with Crippen molar-refractivity contribution in [2.24, 2.45) is 0 Å². The van der Waals surface area contributed by atoms with Crippen molar-refractivity contribution in [2.45, 2.75) is 18.4 Å². The number of hydrogen-bond acceptors (Lipinski definition) is 5. The minimum Gasteiger partial charge on any atom is -0.468 e. The fraction of sp³-hybridized carbons (Fsp3) is 0.111. The molecule has 0 radical (unpaired) electrons. The molecule has 1 aromatic carbocycles. The van der Waals surface area contributed by atoms with Crippen molar-refractivity contribution in [1.29, 1.82) is 0 Å². The van der Waals surface area contributed by atoms with Crippen molar-refractivity contribution in [1.82, 2.24) is 9.71 Å². The molecule has 0 aliphatic carbocycles. The summed E-state index contributed by atoms with van der Waals surface area (Å²) < 4.78 is 32.1. The number of aromatic nitrogens is 1. The fourth-order valence-electron chi connectivity index (χ4n) is 2.31. The SMILES string of the molecule is CC(=O)c1c[nH]c(C(=O)Nc2ccc(S(=O)(=O)NCc3ccco3)cc2)c1. The van der Waals surface area contributed by atoms with E-state index in [9.17, 15) is 18.0 Å². The van der Waals surface area contributed by atoms with Gasteiger partial charge in [0, 0.05) is 17.4 Å². The van der Waals surface area contributed by atoms with Gasteiger partial charge in [0.2, 0.25) is 10.0 Å². The predicted molar refractivity (Wildman–Crippen MR) is 97.9 cm³/mol. The number of sulfonamides is 1. The molecule has 0 fully saturated rings. The average Bonchev–Trinajstić information content (AvgIpc) is 3.32. The Labute approximate surface area is 155 Å². The number of furan rings is 1. The zero-order chi connectivity index (χ0) is 19.4. The molecular weight excluding hydrogens is 370 g/mol. The van der Waals surface area contributed by atoms with Crippen LogP contribution in [0, 0.1) is 0 Å². The van der Waals surface area contributed by atoms with E-state index in [1.165, 1.54) is 49.7 Å². The summed E-state index contributed by atoms with van der Waals surface area (Å²) in [6.45, 7) is 1.45. The highest BCUT2D eigenvalue weighted by molar-refractivity contribution is 7.89. The molecule has 0 atom stereocenters. The van der Waals surface area contributed by atoms with Crippen LogP contribution in [0.15, 0.2) is 64.2 Å². The maximum absolute atomic E-state index is 12.3. The van der Waals surface area contributed by atoms with E-state index in [0.717, 1.165) is 0 Å². The van der Waals surface area contributed by atoms with E-state index < -0.39 is 15.9 Å². The smallest absolute Gasteiger partial charge is 0.272 e. The highest BCUT2D eigenvalue weighted by Gasteiger charge is 2.15. The molecule has 0 bridgehead atoms. The second-order valence-electron chi connectivity index (χ2n) is 5.74. The quantitative estimate of drug-likeness (QED) is 0.538. The van der Waals surface area contributed by atoms with Crippen LogP contribution in [0.2, 0.25) is 0 Å². The number of benzene rings is 1. The Bertz CT molecular complexity index is 1050. The number of rotatable bonds is 7. The van der Waals surface area contributed by atoms with Crippen LogP contribution in [0.1, 0.15) is 33.5 Å². The van der Waals surface area contributed by atoms with Crippen molar-refractivity contribution < 1.29 is 22.4 Å². The first-order chi connectivity index (χ1) is 12.8. The van der Waals surface area contributed by atoms with Gasteiger partial charge < -0.3 is 14.7 Å². The van der Waals surface area contributed by atoms with Gasteiger partial charge in [0.05, 0.1) is 17.7 Å². The molecule has 0 unspecified atom stereocenters. The minimum atomic E-state index is -3.71. The second-order valence-corrected chi connectivity index (χ2v) is 7.51. The number of aromatic amines is 1. The lowest BCUT2D eigenvalue weighted by molar-refractivity contribution is 0.101. The van der Waals surface area contributed by atoms with Gasteiger partial charge in [0.25, 0.3) is 5.91 Å². The van der Waals surface area contributed by atoms with Crippen molar-refractivity contribution >= 4 is 27.4 Å². The van der Waals surface area contributed by atoms with Gasteiger partial charge in [0.1, 0.15) is 11.5 Å². The van der Waals surface area contributed by atoms with Crippen LogP contribution in [-0.4, -0.2) is 25.1 Å². The summed E-state index contributed by atoms with van der Waals surface area (Å²) in [5, 5.41) is 2.63. The lowest BCUT2D eigenvalue weighted by atomic mass is 10.2. The number of anilines is 1. The number of carbonyl (C=O) groups is 2. The summed E-state index contributed by atoms with van der Waals surface area (Å²) in [5.74, 6) is -0.0886. The third kappa shape index (κ3) is 4.52. The molecule has 0 spiro atoms. The molecule has 0 saturated heterocycles. The lowest BCUT2D eigenvalue weighted by Crippen LogP contribution is -2.23. The minimum absolute atomic E-state index is 0.0408. The van der Waals surface area contributed by atoms with Gasteiger partial charge in [-0.2, -0.15) is 0 Å². The van der Waals surface area contributed by atoms with E-state index in [1.54, 1.807) is 12.1 Å². The molecule has 0 saturated carbocycles. The van der Waals surface area contributed by atoms with E-state index in [4.69, 9.17) is 4.42 Å². The highest BCUT2D eigenvalue weighted by Crippen LogP contribution is 2.16. The number of H-pyrrole nitrogens is 1. The van der Waals surface area contributed by atoms with Crippen LogP contribution >= 0.6 is 0 Å². The predicted octanol–water partition coefficient (Wildman–Crippen LogP) is 2.54. The zero-order valence-corrected chi connectivity index (χ0v) is 15.2. The summed E-state index contributed by atoms with van der Waals surface area (Å²) in [6, 6.07) is 10.5. The number of Topliss-reactive ketones (excluding diaryl/α,β-unsaturated/α-hetero) is 1. The van der Waals surface area contributed by atoms with Gasteiger partial charge >= 0.3 is 0 Å². The number of nitrogens with one attached hydrogen (secondary N) is 3. The Morgan fingerprint density at radius 1 is 1.15 bits per heavy atom. The third-order valence-electron chi connectivity index (χ3n) is 3.77. The van der Waals surface area contributed by atoms with E-state index >= 15 is 0 Å². The van der Waals surface area contributed by atoms with Gasteiger partial charge in [-0.3, -0.25) is 9.59 Å². The zero-order valence-electron chi connectivity index (χ0n) is 14.4. The van der Waals surface area contributed by atoms with Crippen molar-refractivity contribution in [3.63, 3.8) is 0 Å². The molecule has 2 heterocycles. The summed E-state index contributed by atoms with van der Waals surface area (Å²) in [6.07, 6.45) is 2.92. The van der Waals surface area contributed by atoms with Gasteiger partial charge in [0.15, 0.2) is 5.78 Å². The molecule has 1 amide bonds. The Morgan fingerprint density at radius 3 is 2.48 bits per heavy atom. The largest absolute Gasteiger partial charge is 0.468 e. The van der Waals surface area contributed by atoms with Crippen LogP contribution in [0.25, 0.3) is 0 Å². The first kappa shape index (κ1) is 18.6. The Morgan fingerprint density at radius 2 is 1.89 bits per heavy atom. The second kappa shape index (κ2) is 7.60. The monoisotopic (exact) mass is 387 g/mol. The molecular formula is C18H17N3O5S. The van der Waals surface area contributed by atoms with Gasteiger partial charge in [-0.15, -0.1) is 0 Å². The van der Waals surface area contributed by atoms with Crippen molar-refractivity contribution in [3.05, 3.63) is 71.9 Å². The topological polar surface area (TPSA) is 121 Å². The molecule has 27 heavy (non-hydrogen) atoms.